The molecule has 0 unspecified atom stereocenters. The molecule has 0 saturated carbocycles. The first kappa shape index (κ1) is 15.1. The zero-order valence-electron chi connectivity index (χ0n) is 12.9. The van der Waals surface area contributed by atoms with Crippen LogP contribution in [0.1, 0.15) is 17.7 Å². The van der Waals surface area contributed by atoms with Gasteiger partial charge in [-0.3, -0.25) is 9.59 Å². The molecular formula is C18H15FN2O2S. The van der Waals surface area contributed by atoms with Gasteiger partial charge in [-0.15, -0.1) is 11.3 Å². The Bertz CT molecular complexity index is 838. The van der Waals surface area contributed by atoms with Crippen LogP contribution in [0.25, 0.3) is 5.57 Å². The molecule has 0 radical (unpaired) electrons. The number of hydrogen-bond donors (Lipinski definition) is 0. The van der Waals surface area contributed by atoms with Crippen molar-refractivity contribution >= 4 is 34.4 Å². The molecule has 24 heavy (non-hydrogen) atoms. The van der Waals surface area contributed by atoms with E-state index in [1.807, 2.05) is 22.4 Å². The Hall–Kier alpha value is -2.47. The smallest absolute Gasteiger partial charge is 0.282 e. The van der Waals surface area contributed by atoms with Crippen molar-refractivity contribution in [3.63, 3.8) is 0 Å². The van der Waals surface area contributed by atoms with E-state index >= 15 is 0 Å². The lowest BCUT2D eigenvalue weighted by Gasteiger charge is -2.20. The second-order valence-corrected chi connectivity index (χ2v) is 6.77. The van der Waals surface area contributed by atoms with Gasteiger partial charge in [0.25, 0.3) is 11.8 Å². The highest BCUT2D eigenvalue weighted by molar-refractivity contribution is 7.11. The Kier molecular flexibility index (Phi) is 3.69. The van der Waals surface area contributed by atoms with Crippen LogP contribution >= 0.6 is 11.3 Å². The SMILES string of the molecule is O=C1C(c2cccs2)=C(N2CCCC2)C(=O)N1c1cccc(F)c1. The molecule has 2 amide bonds. The summed E-state index contributed by atoms with van der Waals surface area (Å²) in [5.74, 6) is -1.22. The molecule has 1 saturated heterocycles. The Morgan fingerprint density at radius 1 is 1.00 bits per heavy atom. The highest BCUT2D eigenvalue weighted by Gasteiger charge is 2.43. The number of hydrogen-bond acceptors (Lipinski definition) is 4. The van der Waals surface area contributed by atoms with Crippen molar-refractivity contribution in [3.8, 4) is 0 Å². The number of nitrogens with zero attached hydrogens (tertiary/aromatic N) is 2. The molecule has 1 aromatic heterocycles. The number of imide groups is 1. The molecule has 0 atom stereocenters. The maximum absolute atomic E-state index is 13.6. The lowest BCUT2D eigenvalue weighted by molar-refractivity contribution is -0.120. The average Bonchev–Trinajstić information content (AvgIpc) is 3.28. The Labute approximate surface area is 142 Å². The summed E-state index contributed by atoms with van der Waals surface area (Å²) >= 11 is 1.43. The Balaban J connectivity index is 1.83. The van der Waals surface area contributed by atoms with Crippen LogP contribution in [0.5, 0.6) is 0 Å². The molecule has 0 spiro atoms. The highest BCUT2D eigenvalue weighted by atomic mass is 32.1. The fraction of sp³-hybridized carbons (Fsp3) is 0.222. The largest absolute Gasteiger partial charge is 0.366 e. The van der Waals surface area contributed by atoms with E-state index in [2.05, 4.69) is 0 Å². The Morgan fingerprint density at radius 2 is 1.79 bits per heavy atom. The summed E-state index contributed by atoms with van der Waals surface area (Å²) in [4.78, 5) is 29.8. The lowest BCUT2D eigenvalue weighted by atomic mass is 10.2. The van der Waals surface area contributed by atoms with Gasteiger partial charge in [0.2, 0.25) is 0 Å². The van der Waals surface area contributed by atoms with E-state index in [1.165, 1.54) is 29.5 Å². The fourth-order valence-corrected chi connectivity index (χ4v) is 4.01. The molecule has 2 aromatic rings. The summed E-state index contributed by atoms with van der Waals surface area (Å²) in [7, 11) is 0. The third kappa shape index (κ3) is 2.34. The summed E-state index contributed by atoms with van der Waals surface area (Å²) < 4.78 is 13.6. The van der Waals surface area contributed by atoms with Crippen LogP contribution in [0.2, 0.25) is 0 Å². The second-order valence-electron chi connectivity index (χ2n) is 5.82. The number of thiophene rings is 1. The monoisotopic (exact) mass is 342 g/mol. The minimum Gasteiger partial charge on any atom is -0.366 e. The number of rotatable bonds is 3. The number of halogens is 1. The lowest BCUT2D eigenvalue weighted by Crippen LogP contribution is -2.34. The topological polar surface area (TPSA) is 40.6 Å². The minimum atomic E-state index is -0.472. The van der Waals surface area contributed by atoms with E-state index in [1.54, 1.807) is 6.07 Å². The van der Waals surface area contributed by atoms with Gasteiger partial charge in [0.1, 0.15) is 11.5 Å². The maximum atomic E-state index is 13.6. The van der Waals surface area contributed by atoms with Gasteiger partial charge < -0.3 is 4.90 Å². The molecule has 0 N–H and O–H groups in total. The molecule has 4 nitrogen and oxygen atoms in total. The number of benzene rings is 1. The van der Waals surface area contributed by atoms with E-state index < -0.39 is 5.82 Å². The van der Waals surface area contributed by atoms with Crippen LogP contribution in [0.4, 0.5) is 10.1 Å². The predicted molar refractivity (Wildman–Crippen MR) is 90.9 cm³/mol. The van der Waals surface area contributed by atoms with Crippen LogP contribution in [0.3, 0.4) is 0 Å². The summed E-state index contributed by atoms with van der Waals surface area (Å²) in [6.07, 6.45) is 2.01. The number of likely N-dealkylation sites (tertiary alicyclic amines) is 1. The van der Waals surface area contributed by atoms with Crippen LogP contribution < -0.4 is 4.90 Å². The third-order valence-corrected chi connectivity index (χ3v) is 5.20. The molecule has 4 rings (SSSR count). The van der Waals surface area contributed by atoms with Gasteiger partial charge in [-0.25, -0.2) is 9.29 Å². The van der Waals surface area contributed by atoms with Crippen molar-refractivity contribution in [2.24, 2.45) is 0 Å². The summed E-state index contributed by atoms with van der Waals surface area (Å²) in [6.45, 7) is 1.53. The van der Waals surface area contributed by atoms with E-state index in [0.29, 0.717) is 11.3 Å². The second kappa shape index (κ2) is 5.87. The summed E-state index contributed by atoms with van der Waals surface area (Å²) in [5, 5.41) is 1.88. The number of carbonyl (C=O) groups is 2. The van der Waals surface area contributed by atoms with Gasteiger partial charge in [0, 0.05) is 18.0 Å². The molecule has 3 heterocycles. The summed E-state index contributed by atoms with van der Waals surface area (Å²) in [6, 6.07) is 9.30. The van der Waals surface area contributed by atoms with Gasteiger partial charge in [-0.05, 0) is 42.5 Å². The molecule has 0 bridgehead atoms. The first-order chi connectivity index (χ1) is 11.7. The van der Waals surface area contributed by atoms with Crippen molar-refractivity contribution in [1.29, 1.82) is 0 Å². The van der Waals surface area contributed by atoms with Crippen molar-refractivity contribution in [2.75, 3.05) is 18.0 Å². The number of carbonyl (C=O) groups excluding carboxylic acids is 2. The van der Waals surface area contributed by atoms with Crippen molar-refractivity contribution in [1.82, 2.24) is 4.90 Å². The highest BCUT2D eigenvalue weighted by Crippen LogP contribution is 2.37. The molecule has 0 aliphatic carbocycles. The maximum Gasteiger partial charge on any atom is 0.282 e. The first-order valence-corrected chi connectivity index (χ1v) is 8.72. The normalized spacial score (nSPS) is 18.2. The number of anilines is 1. The van der Waals surface area contributed by atoms with E-state index in [0.717, 1.165) is 35.7 Å². The minimum absolute atomic E-state index is 0.272. The molecule has 2 aliphatic rings. The first-order valence-electron chi connectivity index (χ1n) is 7.84. The van der Waals surface area contributed by atoms with Gasteiger partial charge in [0.15, 0.2) is 0 Å². The number of amides is 2. The van der Waals surface area contributed by atoms with Gasteiger partial charge >= 0.3 is 0 Å². The molecular weight excluding hydrogens is 327 g/mol. The zero-order valence-corrected chi connectivity index (χ0v) is 13.7. The molecule has 2 aliphatic heterocycles. The molecule has 1 fully saturated rings. The van der Waals surface area contributed by atoms with Crippen molar-refractivity contribution < 1.29 is 14.0 Å². The van der Waals surface area contributed by atoms with Crippen LogP contribution in [-0.2, 0) is 9.59 Å². The van der Waals surface area contributed by atoms with Gasteiger partial charge in [-0.1, -0.05) is 12.1 Å². The van der Waals surface area contributed by atoms with E-state index in [-0.39, 0.29) is 17.5 Å². The standard InChI is InChI=1S/C18H15FN2O2S/c19-12-5-3-6-13(11-12)21-17(22)15(14-7-4-10-24-14)16(18(21)23)20-8-1-2-9-20/h3-7,10-11H,1-2,8-9H2. The van der Waals surface area contributed by atoms with Gasteiger partial charge in [0.05, 0.1) is 11.3 Å². The fourth-order valence-electron chi connectivity index (χ4n) is 3.24. The van der Waals surface area contributed by atoms with Crippen molar-refractivity contribution in [2.45, 2.75) is 12.8 Å². The molecule has 1 aromatic carbocycles. The molecule has 6 heteroatoms. The third-order valence-electron chi connectivity index (χ3n) is 4.32. The van der Waals surface area contributed by atoms with Gasteiger partial charge in [-0.2, -0.15) is 0 Å². The average molecular weight is 342 g/mol. The van der Waals surface area contributed by atoms with Crippen LogP contribution in [0.15, 0.2) is 47.5 Å². The van der Waals surface area contributed by atoms with E-state index in [9.17, 15) is 14.0 Å². The Morgan fingerprint density at radius 3 is 2.46 bits per heavy atom. The van der Waals surface area contributed by atoms with Crippen molar-refractivity contribution in [3.05, 3.63) is 58.2 Å². The summed E-state index contributed by atoms with van der Waals surface area (Å²) in [5.41, 5.74) is 1.15. The van der Waals surface area contributed by atoms with E-state index in [4.69, 9.17) is 0 Å². The quantitative estimate of drug-likeness (QED) is 0.804. The van der Waals surface area contributed by atoms with Crippen LogP contribution in [0, 0.1) is 5.82 Å². The molecule has 122 valence electrons. The zero-order chi connectivity index (χ0) is 16.7. The predicted octanol–water partition coefficient (Wildman–Crippen LogP) is 3.27. The van der Waals surface area contributed by atoms with Crippen LogP contribution in [-0.4, -0.2) is 29.8 Å².